The zero-order valence-corrected chi connectivity index (χ0v) is 22.3. The van der Waals surface area contributed by atoms with E-state index in [2.05, 4.69) is 13.8 Å². The Labute approximate surface area is 212 Å². The van der Waals surface area contributed by atoms with E-state index < -0.39 is 52.5 Å². The predicted octanol–water partition coefficient (Wildman–Crippen LogP) is -5.53. The number of rotatable bonds is 8. The van der Waals surface area contributed by atoms with Gasteiger partial charge in [-0.05, 0) is 6.07 Å². The Morgan fingerprint density at radius 1 is 1.24 bits per heavy atom. The van der Waals surface area contributed by atoms with Crippen LogP contribution in [0.2, 0.25) is 0 Å². The molecule has 0 bridgehead atoms. The van der Waals surface area contributed by atoms with Gasteiger partial charge in [-0.2, -0.15) is 9.29 Å². The fourth-order valence-electron chi connectivity index (χ4n) is 2.32. The second kappa shape index (κ2) is 13.2. The van der Waals surface area contributed by atoms with Gasteiger partial charge in [0.2, 0.25) is 0 Å². The summed E-state index contributed by atoms with van der Waals surface area (Å²) in [6, 6.07) is 1.37. The summed E-state index contributed by atoms with van der Waals surface area (Å²) in [5, 5.41) is 28.2. The second-order valence-corrected chi connectivity index (χ2v) is 10.5. The number of hydrogen-bond donors (Lipinski definition) is 7. The number of quaternary nitrogens is 1. The molecule has 1 fully saturated rings. The molecule has 19 heteroatoms. The quantitative estimate of drug-likeness (QED) is 0.0940. The zero-order valence-electron chi connectivity index (χ0n) is 19.5. The van der Waals surface area contributed by atoms with E-state index in [1.165, 1.54) is 12.3 Å². The van der Waals surface area contributed by atoms with E-state index in [-0.39, 0.29) is 43.4 Å². The van der Waals surface area contributed by atoms with Gasteiger partial charge in [-0.1, -0.05) is 0 Å². The maximum absolute atomic E-state index is 11.5. The largest absolute Gasteiger partial charge is 1.00 e. The van der Waals surface area contributed by atoms with Gasteiger partial charge >= 0.3 is 50.9 Å². The van der Waals surface area contributed by atoms with Gasteiger partial charge in [-0.15, -0.1) is 0 Å². The van der Waals surface area contributed by atoms with Crippen molar-refractivity contribution >= 4 is 21.5 Å². The average molecular weight is 531 g/mol. The molecule has 0 saturated carbocycles. The van der Waals surface area contributed by atoms with E-state index in [1.807, 2.05) is 21.1 Å². The monoisotopic (exact) mass is 531 g/mol. The van der Waals surface area contributed by atoms with Crippen LogP contribution in [0.1, 0.15) is 7.65 Å². The topological polar surface area (TPSA) is 244 Å². The SMILES string of the molecule is C[N+](C)(C)CCOP(=O)(O)OP(=O)(O)O.Nc1ccn([C@@H]2O[C@H](CO)[C@@H](O)[C@H]2O)c(=O)n1.[H-].[Na+]. The molecule has 1 aromatic rings. The van der Waals surface area contributed by atoms with Gasteiger partial charge in [-0.25, -0.2) is 13.9 Å². The first-order valence-corrected chi connectivity index (χ1v) is 12.0. The molecule has 1 aromatic heterocycles. The number of nitrogens with two attached hydrogens (primary N) is 1. The Morgan fingerprint density at radius 2 is 1.82 bits per heavy atom. The third-order valence-electron chi connectivity index (χ3n) is 3.87. The van der Waals surface area contributed by atoms with Crippen LogP contribution in [0, 0.1) is 0 Å². The van der Waals surface area contributed by atoms with Crippen LogP contribution < -0.4 is 41.0 Å². The van der Waals surface area contributed by atoms with Crippen LogP contribution in [0.25, 0.3) is 0 Å². The molecule has 1 saturated heterocycles. The van der Waals surface area contributed by atoms with Crippen LogP contribution in [0.5, 0.6) is 0 Å². The summed E-state index contributed by atoms with van der Waals surface area (Å²) in [6.45, 7) is -0.196. The molecule has 2 heterocycles. The number of phosphoric ester groups is 1. The minimum atomic E-state index is -5.01. The van der Waals surface area contributed by atoms with Gasteiger partial charge < -0.3 is 46.4 Å². The number of nitrogens with zero attached hydrogens (tertiary/aromatic N) is 3. The third-order valence-corrected chi connectivity index (χ3v) is 6.05. The third kappa shape index (κ3) is 11.8. The van der Waals surface area contributed by atoms with Crippen molar-refractivity contribution in [3.63, 3.8) is 0 Å². The van der Waals surface area contributed by atoms with Crippen LogP contribution in [0.4, 0.5) is 5.82 Å². The number of nitrogen functional groups attached to an aromatic ring is 1. The smallest absolute Gasteiger partial charge is 1.00 e. The van der Waals surface area contributed by atoms with E-state index in [9.17, 15) is 24.1 Å². The molecule has 0 amide bonds. The van der Waals surface area contributed by atoms with Crippen molar-refractivity contribution in [2.75, 3.05) is 46.6 Å². The molecule has 1 unspecified atom stereocenters. The second-order valence-electron chi connectivity index (χ2n) is 7.66. The molecule has 16 nitrogen and oxygen atoms in total. The number of likely N-dealkylation sites (N-methyl/N-ethyl adjacent to an activating group) is 1. The van der Waals surface area contributed by atoms with E-state index in [0.29, 0.717) is 11.0 Å². The Bertz CT molecular complexity index is 913. The fourth-order valence-corrected chi connectivity index (χ4v) is 3.89. The van der Waals surface area contributed by atoms with Crippen LogP contribution >= 0.6 is 15.6 Å². The molecular weight excluding hydrogens is 501 g/mol. The number of aromatic nitrogens is 2. The Kier molecular flexibility index (Phi) is 13.1. The normalized spacial score (nSPS) is 24.9. The summed E-state index contributed by atoms with van der Waals surface area (Å²) in [7, 11) is -4.20. The molecule has 0 aromatic carbocycles. The van der Waals surface area contributed by atoms with E-state index >= 15 is 0 Å². The van der Waals surface area contributed by atoms with Gasteiger partial charge in [0.05, 0.1) is 27.7 Å². The van der Waals surface area contributed by atoms with Crippen molar-refractivity contribution < 1.29 is 88.2 Å². The van der Waals surface area contributed by atoms with Gasteiger partial charge in [0, 0.05) is 6.20 Å². The summed E-state index contributed by atoms with van der Waals surface area (Å²) in [5.41, 5.74) is 4.63. The molecule has 1 aliphatic rings. The Hall–Kier alpha value is -0.260. The number of aliphatic hydroxyl groups is 3. The number of aliphatic hydroxyl groups excluding tert-OH is 3. The molecule has 5 atom stereocenters. The van der Waals surface area contributed by atoms with E-state index in [4.69, 9.17) is 30.3 Å². The van der Waals surface area contributed by atoms with Crippen LogP contribution in [0.3, 0.4) is 0 Å². The van der Waals surface area contributed by atoms with Crippen molar-refractivity contribution in [1.82, 2.24) is 9.55 Å². The van der Waals surface area contributed by atoms with Crippen molar-refractivity contribution in [3.8, 4) is 0 Å². The first-order valence-electron chi connectivity index (χ1n) is 8.97. The van der Waals surface area contributed by atoms with Gasteiger partial charge in [-0.3, -0.25) is 9.09 Å². The van der Waals surface area contributed by atoms with Crippen molar-refractivity contribution in [2.24, 2.45) is 0 Å². The van der Waals surface area contributed by atoms with Crippen LogP contribution in [-0.4, -0.2) is 103 Å². The minimum absolute atomic E-state index is 0. The number of anilines is 1. The van der Waals surface area contributed by atoms with Crippen LogP contribution in [-0.2, 0) is 22.7 Å². The maximum atomic E-state index is 11.5. The molecule has 0 aliphatic carbocycles. The van der Waals surface area contributed by atoms with Crippen LogP contribution in [0.15, 0.2) is 17.1 Å². The van der Waals surface area contributed by atoms with Crippen molar-refractivity contribution in [3.05, 3.63) is 22.7 Å². The molecular formula is C14H30N4NaO12P2+. The number of hydrogen-bond acceptors (Lipinski definition) is 11. The summed E-state index contributed by atoms with van der Waals surface area (Å²) >= 11 is 0. The van der Waals surface area contributed by atoms with Crippen molar-refractivity contribution in [1.29, 1.82) is 0 Å². The van der Waals surface area contributed by atoms with E-state index in [1.54, 1.807) is 0 Å². The molecule has 2 rings (SSSR count). The Balaban J connectivity index is 0. The molecule has 188 valence electrons. The molecule has 8 N–H and O–H groups in total. The predicted molar refractivity (Wildman–Crippen MR) is 109 cm³/mol. The Morgan fingerprint density at radius 3 is 2.24 bits per heavy atom. The first-order chi connectivity index (χ1) is 14.5. The molecule has 33 heavy (non-hydrogen) atoms. The first kappa shape index (κ1) is 32.7. The zero-order chi connectivity index (χ0) is 24.9. The van der Waals surface area contributed by atoms with Gasteiger partial charge in [0.15, 0.2) is 6.23 Å². The van der Waals surface area contributed by atoms with E-state index in [0.717, 1.165) is 4.57 Å². The van der Waals surface area contributed by atoms with Gasteiger partial charge in [0.25, 0.3) is 0 Å². The standard InChI is InChI=1S/C9H13N3O5.C5H15NO7P2.Na.H/c10-5-1-2-12(9(16)11-5)8-7(15)6(14)4(3-13)17-8;1-6(2,3)4-5-12-15(10,11)13-14(7,8)9;;/h1-2,4,6-8,13-15H,3H2,(H2,10,11,16);4-5H2,1-3H3,(H2-,7,8,9,10,11);;/q;;+1;-1/p+1/t4-,6-,7-,8-;;;/m1.../s1. The summed E-state index contributed by atoms with van der Waals surface area (Å²) < 4.78 is 35.8. The summed E-state index contributed by atoms with van der Waals surface area (Å²) in [5.74, 6) is 0.0537. The summed E-state index contributed by atoms with van der Waals surface area (Å²) in [6.07, 6.45) is -3.27. The molecule has 1 aliphatic heterocycles. The number of ether oxygens (including phenoxy) is 1. The molecule has 0 radical (unpaired) electrons. The average Bonchev–Trinajstić information content (AvgIpc) is 2.87. The summed E-state index contributed by atoms with van der Waals surface area (Å²) in [4.78, 5) is 40.4. The maximum Gasteiger partial charge on any atom is 1.00 e. The fraction of sp³-hybridized carbons (Fsp3) is 0.714. The van der Waals surface area contributed by atoms with Crippen molar-refractivity contribution in [2.45, 2.75) is 24.5 Å². The number of phosphoric acid groups is 2. The molecule has 0 spiro atoms. The minimum Gasteiger partial charge on any atom is -1.00 e. The van der Waals surface area contributed by atoms with Gasteiger partial charge in [0.1, 0.15) is 37.3 Å².